The summed E-state index contributed by atoms with van der Waals surface area (Å²) in [6, 6.07) is 8.46. The SMILES string of the molecule is N#CC1(COc2cccc(F)c2)CCCCC1. The summed E-state index contributed by atoms with van der Waals surface area (Å²) in [5.74, 6) is 0.197. The minimum Gasteiger partial charge on any atom is -0.492 e. The van der Waals surface area contributed by atoms with Gasteiger partial charge in [-0.05, 0) is 25.0 Å². The number of hydrogen-bond acceptors (Lipinski definition) is 2. The van der Waals surface area contributed by atoms with Crippen LogP contribution in [0.2, 0.25) is 0 Å². The number of nitrogens with zero attached hydrogens (tertiary/aromatic N) is 1. The van der Waals surface area contributed by atoms with Gasteiger partial charge in [0.2, 0.25) is 0 Å². The van der Waals surface area contributed by atoms with Crippen LogP contribution in [0.25, 0.3) is 0 Å². The van der Waals surface area contributed by atoms with E-state index in [0.717, 1.165) is 25.7 Å². The van der Waals surface area contributed by atoms with Crippen LogP contribution in [0.3, 0.4) is 0 Å². The minimum absolute atomic E-state index is 0.308. The summed E-state index contributed by atoms with van der Waals surface area (Å²) < 4.78 is 18.5. The fraction of sp³-hybridized carbons (Fsp3) is 0.500. The lowest BCUT2D eigenvalue weighted by Crippen LogP contribution is -2.29. The number of nitriles is 1. The molecule has 1 aliphatic rings. The van der Waals surface area contributed by atoms with E-state index >= 15 is 0 Å². The molecule has 0 N–H and O–H groups in total. The number of benzene rings is 1. The molecule has 2 rings (SSSR count). The lowest BCUT2D eigenvalue weighted by Gasteiger charge is -2.30. The van der Waals surface area contributed by atoms with Gasteiger partial charge in [-0.1, -0.05) is 25.3 Å². The first-order chi connectivity index (χ1) is 8.24. The van der Waals surface area contributed by atoms with Crippen molar-refractivity contribution in [3.63, 3.8) is 0 Å². The van der Waals surface area contributed by atoms with Crippen LogP contribution < -0.4 is 4.74 Å². The third-order valence-corrected chi connectivity index (χ3v) is 3.36. The molecule has 90 valence electrons. The molecule has 1 saturated carbocycles. The van der Waals surface area contributed by atoms with Crippen molar-refractivity contribution in [2.24, 2.45) is 5.41 Å². The highest BCUT2D eigenvalue weighted by atomic mass is 19.1. The summed E-state index contributed by atoms with van der Waals surface area (Å²) in [5, 5.41) is 9.27. The second-order valence-electron chi connectivity index (χ2n) is 4.70. The molecule has 0 spiro atoms. The monoisotopic (exact) mass is 233 g/mol. The molecule has 0 unspecified atom stereocenters. The summed E-state index contributed by atoms with van der Waals surface area (Å²) in [7, 11) is 0. The highest BCUT2D eigenvalue weighted by molar-refractivity contribution is 5.22. The van der Waals surface area contributed by atoms with Crippen molar-refractivity contribution in [1.82, 2.24) is 0 Å². The first-order valence-electron chi connectivity index (χ1n) is 6.04. The van der Waals surface area contributed by atoms with E-state index in [1.54, 1.807) is 12.1 Å². The second kappa shape index (κ2) is 5.18. The van der Waals surface area contributed by atoms with Crippen LogP contribution in [0.15, 0.2) is 24.3 Å². The average molecular weight is 233 g/mol. The van der Waals surface area contributed by atoms with Gasteiger partial charge in [0, 0.05) is 6.07 Å². The Balaban J connectivity index is 1.98. The predicted octanol–water partition coefficient (Wildman–Crippen LogP) is 3.68. The summed E-state index contributed by atoms with van der Waals surface area (Å²) >= 11 is 0. The molecule has 1 fully saturated rings. The highest BCUT2D eigenvalue weighted by Crippen LogP contribution is 2.36. The Morgan fingerprint density at radius 3 is 2.71 bits per heavy atom. The zero-order valence-electron chi connectivity index (χ0n) is 9.79. The van der Waals surface area contributed by atoms with Crippen LogP contribution in [-0.2, 0) is 0 Å². The Hall–Kier alpha value is -1.56. The predicted molar refractivity (Wildman–Crippen MR) is 63.0 cm³/mol. The third kappa shape index (κ3) is 2.97. The minimum atomic E-state index is -0.370. The van der Waals surface area contributed by atoms with Crippen molar-refractivity contribution in [1.29, 1.82) is 5.26 Å². The second-order valence-corrected chi connectivity index (χ2v) is 4.70. The van der Waals surface area contributed by atoms with Gasteiger partial charge in [-0.15, -0.1) is 0 Å². The lowest BCUT2D eigenvalue weighted by molar-refractivity contribution is 0.150. The molecule has 2 nitrogen and oxygen atoms in total. The van der Waals surface area contributed by atoms with Gasteiger partial charge < -0.3 is 4.74 Å². The van der Waals surface area contributed by atoms with Crippen LogP contribution in [0, 0.1) is 22.6 Å². The Labute approximate surface area is 101 Å². The fourth-order valence-electron chi connectivity index (χ4n) is 2.30. The summed E-state index contributed by atoms with van der Waals surface area (Å²) in [6.07, 6.45) is 5.14. The van der Waals surface area contributed by atoms with E-state index in [-0.39, 0.29) is 11.2 Å². The topological polar surface area (TPSA) is 33.0 Å². The van der Waals surface area contributed by atoms with E-state index in [2.05, 4.69) is 6.07 Å². The summed E-state index contributed by atoms with van der Waals surface area (Å²) in [4.78, 5) is 0. The van der Waals surface area contributed by atoms with E-state index in [0.29, 0.717) is 12.4 Å². The van der Waals surface area contributed by atoms with Gasteiger partial charge in [0.25, 0.3) is 0 Å². The van der Waals surface area contributed by atoms with Gasteiger partial charge in [0.1, 0.15) is 18.2 Å². The van der Waals surface area contributed by atoms with Crippen molar-refractivity contribution in [2.75, 3.05) is 6.61 Å². The zero-order valence-corrected chi connectivity index (χ0v) is 9.79. The number of hydrogen-bond donors (Lipinski definition) is 0. The molecule has 0 heterocycles. The molecule has 1 aromatic rings. The first-order valence-corrected chi connectivity index (χ1v) is 6.04. The van der Waals surface area contributed by atoms with Gasteiger partial charge in [-0.3, -0.25) is 0 Å². The maximum absolute atomic E-state index is 13.0. The van der Waals surface area contributed by atoms with Crippen molar-refractivity contribution < 1.29 is 9.13 Å². The molecule has 0 amide bonds. The molecule has 1 aliphatic carbocycles. The zero-order chi connectivity index (χ0) is 12.1. The average Bonchev–Trinajstić information content (AvgIpc) is 2.38. The fourth-order valence-corrected chi connectivity index (χ4v) is 2.30. The van der Waals surface area contributed by atoms with E-state index in [4.69, 9.17) is 4.74 Å². The van der Waals surface area contributed by atoms with Crippen molar-refractivity contribution >= 4 is 0 Å². The van der Waals surface area contributed by atoms with Crippen LogP contribution in [0.4, 0.5) is 4.39 Å². The Bertz CT molecular complexity index is 418. The molecular weight excluding hydrogens is 217 g/mol. The summed E-state index contributed by atoms with van der Waals surface area (Å²) in [6.45, 7) is 0.368. The van der Waals surface area contributed by atoms with Gasteiger partial charge in [-0.2, -0.15) is 5.26 Å². The van der Waals surface area contributed by atoms with Gasteiger partial charge in [-0.25, -0.2) is 4.39 Å². The molecule has 0 atom stereocenters. The molecule has 0 aliphatic heterocycles. The lowest BCUT2D eigenvalue weighted by atomic mass is 9.76. The summed E-state index contributed by atoms with van der Waals surface area (Å²) in [5.41, 5.74) is -0.370. The molecule has 0 radical (unpaired) electrons. The van der Waals surface area contributed by atoms with E-state index in [1.165, 1.54) is 18.6 Å². The van der Waals surface area contributed by atoms with Crippen LogP contribution in [0.1, 0.15) is 32.1 Å². The Kier molecular flexibility index (Phi) is 3.63. The Morgan fingerprint density at radius 2 is 2.06 bits per heavy atom. The third-order valence-electron chi connectivity index (χ3n) is 3.36. The van der Waals surface area contributed by atoms with Crippen LogP contribution in [-0.4, -0.2) is 6.61 Å². The largest absolute Gasteiger partial charge is 0.492 e. The molecule has 17 heavy (non-hydrogen) atoms. The van der Waals surface area contributed by atoms with E-state index in [1.807, 2.05) is 0 Å². The Morgan fingerprint density at radius 1 is 1.29 bits per heavy atom. The van der Waals surface area contributed by atoms with Gasteiger partial charge in [0.05, 0.1) is 11.5 Å². The molecule has 3 heteroatoms. The normalized spacial score (nSPS) is 18.4. The van der Waals surface area contributed by atoms with Crippen molar-refractivity contribution in [3.05, 3.63) is 30.1 Å². The molecule has 0 bridgehead atoms. The van der Waals surface area contributed by atoms with Crippen molar-refractivity contribution in [2.45, 2.75) is 32.1 Å². The number of ether oxygens (including phenoxy) is 1. The van der Waals surface area contributed by atoms with Gasteiger partial charge in [0.15, 0.2) is 0 Å². The quantitative estimate of drug-likeness (QED) is 0.797. The van der Waals surface area contributed by atoms with Crippen molar-refractivity contribution in [3.8, 4) is 11.8 Å². The molecular formula is C14H16FNO. The highest BCUT2D eigenvalue weighted by Gasteiger charge is 2.32. The maximum atomic E-state index is 13.0. The number of rotatable bonds is 3. The molecule has 1 aromatic carbocycles. The van der Waals surface area contributed by atoms with Gasteiger partial charge >= 0.3 is 0 Å². The molecule has 0 saturated heterocycles. The smallest absolute Gasteiger partial charge is 0.126 e. The van der Waals surface area contributed by atoms with E-state index in [9.17, 15) is 9.65 Å². The first kappa shape index (κ1) is 11.9. The number of halogens is 1. The standard InChI is InChI=1S/C14H16FNO/c15-12-5-4-6-13(9-12)17-11-14(10-16)7-2-1-3-8-14/h4-6,9H,1-3,7-8,11H2. The van der Waals surface area contributed by atoms with Crippen LogP contribution >= 0.6 is 0 Å². The maximum Gasteiger partial charge on any atom is 0.126 e. The molecule has 0 aromatic heterocycles. The van der Waals surface area contributed by atoms with Crippen LogP contribution in [0.5, 0.6) is 5.75 Å². The van der Waals surface area contributed by atoms with E-state index < -0.39 is 0 Å².